The largest absolute Gasteiger partial charge is 0.373 e. The van der Waals surface area contributed by atoms with Crippen LogP contribution in [-0.4, -0.2) is 50.8 Å². The average Bonchev–Trinajstić information content (AvgIpc) is 3.61. The zero-order valence-electron chi connectivity index (χ0n) is 19.2. The summed E-state index contributed by atoms with van der Waals surface area (Å²) in [5, 5.41) is 0. The molecular formula is C28H34O4. The summed E-state index contributed by atoms with van der Waals surface area (Å²) in [6.07, 6.45) is 5.43. The van der Waals surface area contributed by atoms with Gasteiger partial charge in [0.1, 0.15) is 0 Å². The van der Waals surface area contributed by atoms with Crippen LogP contribution in [0.15, 0.2) is 48.5 Å². The Bertz CT molecular complexity index is 887. The number of rotatable bonds is 11. The van der Waals surface area contributed by atoms with Crippen molar-refractivity contribution in [3.05, 3.63) is 70.8 Å². The maximum atomic E-state index is 5.95. The van der Waals surface area contributed by atoms with Crippen molar-refractivity contribution >= 4 is 0 Å². The third-order valence-electron chi connectivity index (χ3n) is 8.11. The minimum atomic E-state index is -0.186. The third-order valence-corrected chi connectivity index (χ3v) is 8.11. The van der Waals surface area contributed by atoms with Crippen molar-refractivity contribution < 1.29 is 18.9 Å². The summed E-state index contributed by atoms with van der Waals surface area (Å²) in [6.45, 7) is 8.02. The smallest absolute Gasteiger partial charge is 0.0821 e. The molecule has 4 atom stereocenters. The zero-order chi connectivity index (χ0) is 21.8. The Morgan fingerprint density at radius 1 is 0.594 bits per heavy atom. The standard InChI is InChI=1S/C28H34O4/c1-19-7-3-5-9-25(19)28(14-24-18-32-24,26-10-6-4-8-20(26)2)27(11-21-15-29-21,12-22-16-30-22)13-23-17-31-23/h3-10,21-24H,11-18H2,1-2H3. The van der Waals surface area contributed by atoms with Crippen LogP contribution in [0.5, 0.6) is 0 Å². The second kappa shape index (κ2) is 7.95. The average molecular weight is 435 g/mol. The molecule has 0 bridgehead atoms. The molecule has 170 valence electrons. The molecule has 4 saturated heterocycles. The Hall–Kier alpha value is -1.72. The highest BCUT2D eigenvalue weighted by atomic mass is 16.6. The van der Waals surface area contributed by atoms with Crippen molar-refractivity contribution in [2.45, 2.75) is 69.4 Å². The van der Waals surface area contributed by atoms with E-state index in [1.807, 2.05) is 0 Å². The molecule has 0 saturated carbocycles. The number of aryl methyl sites for hydroxylation is 2. The van der Waals surface area contributed by atoms with Gasteiger partial charge in [0.15, 0.2) is 0 Å². The van der Waals surface area contributed by atoms with Gasteiger partial charge in [-0.1, -0.05) is 48.5 Å². The van der Waals surface area contributed by atoms with Gasteiger partial charge in [-0.3, -0.25) is 0 Å². The molecule has 4 nitrogen and oxygen atoms in total. The fraction of sp³-hybridized carbons (Fsp3) is 0.571. The van der Waals surface area contributed by atoms with Gasteiger partial charge in [0.2, 0.25) is 0 Å². The SMILES string of the molecule is Cc1ccccc1C(CC1CO1)(c1ccccc1C)C(CC1CO1)(CC1CO1)CC1CO1. The third kappa shape index (κ3) is 3.92. The van der Waals surface area contributed by atoms with E-state index < -0.39 is 0 Å². The predicted molar refractivity (Wildman–Crippen MR) is 123 cm³/mol. The fourth-order valence-corrected chi connectivity index (χ4v) is 6.42. The molecule has 0 amide bonds. The van der Waals surface area contributed by atoms with Crippen LogP contribution in [0.2, 0.25) is 0 Å². The van der Waals surface area contributed by atoms with E-state index in [1.54, 1.807) is 0 Å². The quantitative estimate of drug-likeness (QED) is 0.480. The molecule has 0 spiro atoms. The van der Waals surface area contributed by atoms with Crippen LogP contribution >= 0.6 is 0 Å². The maximum absolute atomic E-state index is 5.95. The van der Waals surface area contributed by atoms with Crippen LogP contribution in [0.3, 0.4) is 0 Å². The molecule has 4 heterocycles. The molecular weight excluding hydrogens is 400 g/mol. The number of benzene rings is 2. The Labute approximate surface area is 191 Å². The first-order chi connectivity index (χ1) is 15.6. The number of hydrogen-bond donors (Lipinski definition) is 0. The van der Waals surface area contributed by atoms with Gasteiger partial charge in [-0.2, -0.15) is 0 Å². The van der Waals surface area contributed by atoms with Gasteiger partial charge in [0.05, 0.1) is 50.8 Å². The van der Waals surface area contributed by atoms with Gasteiger partial charge in [0, 0.05) is 5.41 Å². The molecule has 0 aromatic heterocycles. The van der Waals surface area contributed by atoms with Crippen LogP contribution in [0.1, 0.15) is 47.9 Å². The molecule has 4 aliphatic rings. The Balaban J connectivity index is 1.62. The normalized spacial score (nSPS) is 29.9. The highest BCUT2D eigenvalue weighted by Gasteiger charge is 2.60. The van der Waals surface area contributed by atoms with Crippen LogP contribution in [0.25, 0.3) is 0 Å². The van der Waals surface area contributed by atoms with E-state index in [-0.39, 0.29) is 10.8 Å². The molecule has 4 aliphatic heterocycles. The van der Waals surface area contributed by atoms with E-state index in [4.69, 9.17) is 18.9 Å². The predicted octanol–water partition coefficient (Wildman–Crippen LogP) is 4.73. The zero-order valence-corrected chi connectivity index (χ0v) is 19.2. The molecule has 4 heteroatoms. The second-order valence-electron chi connectivity index (χ2n) is 10.5. The lowest BCUT2D eigenvalue weighted by molar-refractivity contribution is 0.0585. The number of ether oxygens (including phenoxy) is 4. The van der Waals surface area contributed by atoms with E-state index >= 15 is 0 Å². The first kappa shape index (κ1) is 20.9. The van der Waals surface area contributed by atoms with Crippen molar-refractivity contribution in [1.29, 1.82) is 0 Å². The second-order valence-corrected chi connectivity index (χ2v) is 10.5. The first-order valence-corrected chi connectivity index (χ1v) is 12.2. The Kier molecular flexibility index (Phi) is 5.18. The van der Waals surface area contributed by atoms with Gasteiger partial charge in [-0.25, -0.2) is 0 Å². The molecule has 4 unspecified atom stereocenters. The summed E-state index contributed by atoms with van der Waals surface area (Å²) in [5.41, 5.74) is 5.37. The molecule has 6 rings (SSSR count). The lowest BCUT2D eigenvalue weighted by Crippen LogP contribution is -2.51. The van der Waals surface area contributed by atoms with Crippen molar-refractivity contribution in [1.82, 2.24) is 0 Å². The van der Waals surface area contributed by atoms with Crippen LogP contribution in [0.4, 0.5) is 0 Å². The van der Waals surface area contributed by atoms with Crippen molar-refractivity contribution in [2.24, 2.45) is 5.41 Å². The van der Waals surface area contributed by atoms with E-state index in [9.17, 15) is 0 Å². The van der Waals surface area contributed by atoms with Gasteiger partial charge in [-0.05, 0) is 67.2 Å². The van der Waals surface area contributed by atoms with Crippen LogP contribution in [-0.2, 0) is 24.4 Å². The fourth-order valence-electron chi connectivity index (χ4n) is 6.42. The summed E-state index contributed by atoms with van der Waals surface area (Å²) in [5.74, 6) is 0. The summed E-state index contributed by atoms with van der Waals surface area (Å²) < 4.78 is 23.7. The maximum Gasteiger partial charge on any atom is 0.0821 e. The molecule has 2 aromatic rings. The van der Waals surface area contributed by atoms with Gasteiger partial charge in [0.25, 0.3) is 0 Å². The molecule has 32 heavy (non-hydrogen) atoms. The van der Waals surface area contributed by atoms with Crippen LogP contribution < -0.4 is 0 Å². The molecule has 4 fully saturated rings. The molecule has 2 aromatic carbocycles. The Morgan fingerprint density at radius 2 is 0.938 bits per heavy atom. The highest BCUT2D eigenvalue weighted by molar-refractivity contribution is 5.50. The van der Waals surface area contributed by atoms with Crippen molar-refractivity contribution in [3.63, 3.8) is 0 Å². The number of epoxide rings is 4. The summed E-state index contributed by atoms with van der Waals surface area (Å²) in [4.78, 5) is 0. The van der Waals surface area contributed by atoms with E-state index in [0.717, 1.165) is 52.1 Å². The van der Waals surface area contributed by atoms with Gasteiger partial charge in [-0.15, -0.1) is 0 Å². The minimum Gasteiger partial charge on any atom is -0.373 e. The van der Waals surface area contributed by atoms with Gasteiger partial charge >= 0.3 is 0 Å². The van der Waals surface area contributed by atoms with Crippen molar-refractivity contribution in [3.8, 4) is 0 Å². The van der Waals surface area contributed by atoms with E-state index in [0.29, 0.717) is 24.4 Å². The highest BCUT2D eigenvalue weighted by Crippen LogP contribution is 2.62. The van der Waals surface area contributed by atoms with E-state index in [1.165, 1.54) is 22.3 Å². The topological polar surface area (TPSA) is 50.1 Å². The summed E-state index contributed by atoms with van der Waals surface area (Å²) in [7, 11) is 0. The van der Waals surface area contributed by atoms with Gasteiger partial charge < -0.3 is 18.9 Å². The lowest BCUT2D eigenvalue weighted by Gasteiger charge is -2.53. The molecule has 0 aliphatic carbocycles. The first-order valence-electron chi connectivity index (χ1n) is 12.2. The minimum absolute atomic E-state index is 0.0271. The number of hydrogen-bond acceptors (Lipinski definition) is 4. The van der Waals surface area contributed by atoms with E-state index in [2.05, 4.69) is 62.4 Å². The summed E-state index contributed by atoms with van der Waals surface area (Å²) >= 11 is 0. The van der Waals surface area contributed by atoms with Crippen molar-refractivity contribution in [2.75, 3.05) is 26.4 Å². The molecule has 0 radical (unpaired) electrons. The summed E-state index contributed by atoms with van der Waals surface area (Å²) in [6, 6.07) is 18.0. The Morgan fingerprint density at radius 3 is 1.28 bits per heavy atom. The van der Waals surface area contributed by atoms with Crippen LogP contribution in [0, 0.1) is 19.3 Å². The molecule has 0 N–H and O–H groups in total. The lowest BCUT2D eigenvalue weighted by atomic mass is 9.49. The monoisotopic (exact) mass is 434 g/mol.